The molecular formula is C13H23N5O. The summed E-state index contributed by atoms with van der Waals surface area (Å²) in [5.41, 5.74) is 7.28. The minimum atomic E-state index is 0.0351. The largest absolute Gasteiger partial charge is 0.347 e. The molecule has 1 rings (SSSR count). The van der Waals surface area contributed by atoms with Gasteiger partial charge in [-0.2, -0.15) is 0 Å². The zero-order chi connectivity index (χ0) is 14.4. The van der Waals surface area contributed by atoms with Gasteiger partial charge in [0, 0.05) is 32.9 Å². The van der Waals surface area contributed by atoms with Crippen LogP contribution in [-0.2, 0) is 11.3 Å². The Balaban J connectivity index is 2.97. The quantitative estimate of drug-likeness (QED) is 0.813. The summed E-state index contributed by atoms with van der Waals surface area (Å²) in [6.07, 6.45) is 0.927. The second kappa shape index (κ2) is 7.04. The third-order valence-electron chi connectivity index (χ3n) is 2.71. The van der Waals surface area contributed by atoms with E-state index in [-0.39, 0.29) is 12.5 Å². The van der Waals surface area contributed by atoms with E-state index in [9.17, 15) is 4.79 Å². The van der Waals surface area contributed by atoms with E-state index in [4.69, 9.17) is 5.73 Å². The summed E-state index contributed by atoms with van der Waals surface area (Å²) in [5.74, 6) is 0.616. The normalized spacial score (nSPS) is 10.4. The summed E-state index contributed by atoms with van der Waals surface area (Å²) >= 11 is 0. The zero-order valence-corrected chi connectivity index (χ0v) is 12.2. The van der Waals surface area contributed by atoms with E-state index in [1.165, 1.54) is 0 Å². The van der Waals surface area contributed by atoms with Crippen molar-refractivity contribution in [3.8, 4) is 0 Å². The van der Waals surface area contributed by atoms with E-state index in [1.54, 1.807) is 19.0 Å². The van der Waals surface area contributed by atoms with Gasteiger partial charge in [-0.05, 0) is 19.4 Å². The maximum atomic E-state index is 11.8. The van der Waals surface area contributed by atoms with Gasteiger partial charge >= 0.3 is 0 Å². The molecule has 0 saturated heterocycles. The molecule has 0 bridgehead atoms. The van der Waals surface area contributed by atoms with Crippen LogP contribution in [0.4, 0.5) is 5.95 Å². The molecule has 19 heavy (non-hydrogen) atoms. The van der Waals surface area contributed by atoms with Crippen molar-refractivity contribution in [2.45, 2.75) is 26.8 Å². The van der Waals surface area contributed by atoms with E-state index < -0.39 is 0 Å². The number of carbonyl (C=O) groups is 1. The number of carbonyl (C=O) groups excluding carboxylic acids is 1. The number of likely N-dealkylation sites (N-methyl/N-ethyl adjacent to an activating group) is 1. The molecule has 2 N–H and O–H groups in total. The lowest BCUT2D eigenvalue weighted by atomic mass is 10.3. The summed E-state index contributed by atoms with van der Waals surface area (Å²) in [7, 11) is 3.49. The van der Waals surface area contributed by atoms with Crippen LogP contribution in [-0.4, -0.2) is 48.0 Å². The van der Waals surface area contributed by atoms with Crippen molar-refractivity contribution in [2.75, 3.05) is 32.1 Å². The van der Waals surface area contributed by atoms with Crippen LogP contribution in [0.25, 0.3) is 0 Å². The van der Waals surface area contributed by atoms with Crippen molar-refractivity contribution in [2.24, 2.45) is 5.73 Å². The molecule has 0 saturated carbocycles. The summed E-state index contributed by atoms with van der Waals surface area (Å²) in [6.45, 7) is 5.37. The van der Waals surface area contributed by atoms with Crippen LogP contribution in [0.15, 0.2) is 6.07 Å². The van der Waals surface area contributed by atoms with Crippen molar-refractivity contribution in [3.05, 3.63) is 17.5 Å². The van der Waals surface area contributed by atoms with Gasteiger partial charge in [-0.25, -0.2) is 9.97 Å². The number of anilines is 1. The molecule has 0 aromatic carbocycles. The smallest absolute Gasteiger partial charge is 0.241 e. The fraction of sp³-hybridized carbons (Fsp3) is 0.615. The minimum absolute atomic E-state index is 0.0351. The Morgan fingerprint density at radius 2 is 2.05 bits per heavy atom. The Hall–Kier alpha value is -1.69. The van der Waals surface area contributed by atoms with Gasteiger partial charge in [-0.1, -0.05) is 6.92 Å². The first-order valence-corrected chi connectivity index (χ1v) is 6.47. The SMILES string of the molecule is CCCN(CC(=O)N(C)C)c1nc(C)cc(CN)n1. The number of amides is 1. The van der Waals surface area contributed by atoms with Gasteiger partial charge < -0.3 is 15.5 Å². The molecular weight excluding hydrogens is 242 g/mol. The molecule has 1 aromatic heterocycles. The lowest BCUT2D eigenvalue weighted by molar-refractivity contribution is -0.127. The van der Waals surface area contributed by atoms with E-state index in [1.807, 2.05) is 17.9 Å². The van der Waals surface area contributed by atoms with E-state index in [0.29, 0.717) is 12.5 Å². The van der Waals surface area contributed by atoms with Gasteiger partial charge in [0.1, 0.15) is 0 Å². The summed E-state index contributed by atoms with van der Waals surface area (Å²) in [4.78, 5) is 24.1. The summed E-state index contributed by atoms with van der Waals surface area (Å²) < 4.78 is 0. The highest BCUT2D eigenvalue weighted by Crippen LogP contribution is 2.11. The van der Waals surface area contributed by atoms with Gasteiger partial charge in [-0.15, -0.1) is 0 Å². The Morgan fingerprint density at radius 3 is 2.58 bits per heavy atom. The van der Waals surface area contributed by atoms with Gasteiger partial charge in [0.2, 0.25) is 11.9 Å². The number of aryl methyl sites for hydroxylation is 1. The molecule has 0 aliphatic carbocycles. The molecule has 0 unspecified atom stereocenters. The molecule has 1 amide bonds. The number of nitrogens with zero attached hydrogens (tertiary/aromatic N) is 4. The lowest BCUT2D eigenvalue weighted by Crippen LogP contribution is -2.38. The molecule has 0 aliphatic heterocycles. The van der Waals surface area contributed by atoms with Crippen LogP contribution >= 0.6 is 0 Å². The molecule has 0 radical (unpaired) electrons. The third kappa shape index (κ3) is 4.48. The molecule has 0 aliphatic rings. The van der Waals surface area contributed by atoms with Gasteiger partial charge in [0.15, 0.2) is 0 Å². The average molecular weight is 265 g/mol. The molecule has 1 aromatic rings. The second-order valence-corrected chi connectivity index (χ2v) is 4.71. The highest BCUT2D eigenvalue weighted by atomic mass is 16.2. The first-order chi connectivity index (χ1) is 8.97. The van der Waals surface area contributed by atoms with E-state index in [0.717, 1.165) is 24.4 Å². The average Bonchev–Trinajstić information content (AvgIpc) is 2.37. The van der Waals surface area contributed by atoms with Crippen molar-refractivity contribution < 1.29 is 4.79 Å². The predicted molar refractivity (Wildman–Crippen MR) is 75.9 cm³/mol. The topological polar surface area (TPSA) is 75.4 Å². The van der Waals surface area contributed by atoms with Crippen LogP contribution in [0.5, 0.6) is 0 Å². The monoisotopic (exact) mass is 265 g/mol. The minimum Gasteiger partial charge on any atom is -0.347 e. The van der Waals surface area contributed by atoms with Crippen molar-refractivity contribution in [1.29, 1.82) is 0 Å². The standard InChI is InChI=1S/C13H23N5O/c1-5-6-18(9-12(19)17(3)4)13-15-10(2)7-11(8-14)16-13/h7H,5-6,8-9,14H2,1-4H3. The third-order valence-corrected chi connectivity index (χ3v) is 2.71. The lowest BCUT2D eigenvalue weighted by Gasteiger charge is -2.23. The van der Waals surface area contributed by atoms with Crippen LogP contribution in [0.3, 0.4) is 0 Å². The molecule has 6 heteroatoms. The Kier molecular flexibility index (Phi) is 5.69. The van der Waals surface area contributed by atoms with Crippen molar-refractivity contribution >= 4 is 11.9 Å². The Bertz CT molecular complexity index is 433. The molecule has 0 fully saturated rings. The van der Waals surface area contributed by atoms with Crippen LogP contribution in [0.1, 0.15) is 24.7 Å². The Morgan fingerprint density at radius 1 is 1.37 bits per heavy atom. The number of rotatable bonds is 6. The summed E-state index contributed by atoms with van der Waals surface area (Å²) in [6, 6.07) is 1.86. The van der Waals surface area contributed by atoms with Crippen molar-refractivity contribution in [3.63, 3.8) is 0 Å². The maximum absolute atomic E-state index is 11.8. The molecule has 6 nitrogen and oxygen atoms in total. The number of hydrogen-bond donors (Lipinski definition) is 1. The van der Waals surface area contributed by atoms with Gasteiger partial charge in [-0.3, -0.25) is 4.79 Å². The summed E-state index contributed by atoms with van der Waals surface area (Å²) in [5, 5.41) is 0. The zero-order valence-electron chi connectivity index (χ0n) is 12.2. The van der Waals surface area contributed by atoms with Crippen LogP contribution < -0.4 is 10.6 Å². The highest BCUT2D eigenvalue weighted by molar-refractivity contribution is 5.80. The van der Waals surface area contributed by atoms with Crippen molar-refractivity contribution in [1.82, 2.24) is 14.9 Å². The second-order valence-electron chi connectivity index (χ2n) is 4.71. The maximum Gasteiger partial charge on any atom is 0.241 e. The van der Waals surface area contributed by atoms with E-state index in [2.05, 4.69) is 16.9 Å². The highest BCUT2D eigenvalue weighted by Gasteiger charge is 2.15. The van der Waals surface area contributed by atoms with E-state index >= 15 is 0 Å². The first-order valence-electron chi connectivity index (χ1n) is 6.47. The van der Waals surface area contributed by atoms with Gasteiger partial charge in [0.05, 0.1) is 12.2 Å². The molecule has 106 valence electrons. The van der Waals surface area contributed by atoms with Crippen LogP contribution in [0, 0.1) is 6.92 Å². The molecule has 0 atom stereocenters. The fourth-order valence-electron chi connectivity index (χ4n) is 1.69. The fourth-order valence-corrected chi connectivity index (χ4v) is 1.69. The Labute approximate surface area is 114 Å². The van der Waals surface area contributed by atoms with Gasteiger partial charge in [0.25, 0.3) is 0 Å². The number of aromatic nitrogens is 2. The number of nitrogens with two attached hydrogens (primary N) is 1. The predicted octanol–water partition coefficient (Wildman–Crippen LogP) is 0.548. The van der Waals surface area contributed by atoms with Crippen LogP contribution in [0.2, 0.25) is 0 Å². The molecule has 0 spiro atoms. The number of hydrogen-bond acceptors (Lipinski definition) is 5. The molecule has 1 heterocycles. The first kappa shape index (κ1) is 15.4.